The maximum Gasteiger partial charge on any atom is 0.310 e. The number of aliphatic carboxylic acids is 1. The number of carboxylic acids is 1. The highest BCUT2D eigenvalue weighted by molar-refractivity contribution is 5.76. The first-order chi connectivity index (χ1) is 10.1. The van der Waals surface area contributed by atoms with Gasteiger partial charge in [0.05, 0.1) is 5.41 Å². The Morgan fingerprint density at radius 3 is 1.65 bits per heavy atom. The number of hydrogen-bond acceptors (Lipinski definition) is 1. The van der Waals surface area contributed by atoms with Crippen molar-refractivity contribution in [1.29, 1.82) is 0 Å². The Bertz CT molecular complexity index is 376. The molecule has 0 saturated carbocycles. The second kappa shape index (κ2) is 7.57. The van der Waals surface area contributed by atoms with Crippen LogP contribution in [-0.4, -0.2) is 11.1 Å². The van der Waals surface area contributed by atoms with E-state index >= 15 is 0 Å². The summed E-state index contributed by atoms with van der Waals surface area (Å²) in [5.41, 5.74) is -0.872. The van der Waals surface area contributed by atoms with Gasteiger partial charge in [0.2, 0.25) is 0 Å². The number of hydrogen-bond donors (Lipinski definition) is 1. The molecule has 0 heterocycles. The molecular formula is C21H42O2. The van der Waals surface area contributed by atoms with E-state index in [-0.39, 0.29) is 22.2 Å². The molecule has 2 nitrogen and oxygen atoms in total. The van der Waals surface area contributed by atoms with Gasteiger partial charge in [-0.05, 0) is 35.0 Å². The van der Waals surface area contributed by atoms with Crippen LogP contribution in [-0.2, 0) is 4.79 Å². The second-order valence-corrected chi connectivity index (χ2v) is 10.7. The molecule has 138 valence electrons. The molecule has 1 N–H and O–H groups in total. The van der Waals surface area contributed by atoms with Gasteiger partial charge < -0.3 is 5.11 Å². The van der Waals surface area contributed by atoms with Crippen molar-refractivity contribution in [1.82, 2.24) is 0 Å². The number of unbranched alkanes of at least 4 members (excludes halogenated alkanes) is 2. The van der Waals surface area contributed by atoms with Crippen LogP contribution >= 0.6 is 0 Å². The zero-order valence-corrected chi connectivity index (χ0v) is 17.5. The number of carbonyl (C=O) groups is 1. The molecule has 0 fully saturated rings. The Morgan fingerprint density at radius 2 is 1.39 bits per heavy atom. The zero-order chi connectivity index (χ0) is 18.7. The number of carboxylic acid groups (broad SMARTS) is 1. The lowest BCUT2D eigenvalue weighted by Gasteiger charge is -2.53. The Hall–Kier alpha value is -0.530. The van der Waals surface area contributed by atoms with Gasteiger partial charge >= 0.3 is 5.97 Å². The fraction of sp³-hybridized carbons (Fsp3) is 0.952. The van der Waals surface area contributed by atoms with E-state index in [1.165, 1.54) is 0 Å². The van der Waals surface area contributed by atoms with Gasteiger partial charge in [-0.15, -0.1) is 0 Å². The van der Waals surface area contributed by atoms with Crippen molar-refractivity contribution in [3.05, 3.63) is 0 Å². The van der Waals surface area contributed by atoms with Crippen LogP contribution in [0.2, 0.25) is 0 Å². The summed E-state index contributed by atoms with van der Waals surface area (Å²) in [6, 6.07) is 0. The van der Waals surface area contributed by atoms with Crippen molar-refractivity contribution < 1.29 is 9.90 Å². The molecule has 0 aliphatic heterocycles. The van der Waals surface area contributed by atoms with Crippen LogP contribution in [0, 0.1) is 27.6 Å². The third-order valence-electron chi connectivity index (χ3n) is 5.35. The number of rotatable bonds is 7. The normalized spacial score (nSPS) is 17.7. The minimum Gasteiger partial charge on any atom is -0.481 e. The van der Waals surface area contributed by atoms with Crippen LogP contribution < -0.4 is 0 Å². The maximum absolute atomic E-state index is 12.6. The molecule has 0 aliphatic carbocycles. The van der Waals surface area contributed by atoms with Crippen LogP contribution in [0.15, 0.2) is 0 Å². The van der Waals surface area contributed by atoms with Crippen LogP contribution in [0.1, 0.15) is 101 Å². The Labute approximate surface area is 145 Å². The molecule has 0 bridgehead atoms. The predicted octanol–water partition coefficient (Wildman–Crippen LogP) is 6.78. The van der Waals surface area contributed by atoms with Gasteiger partial charge in [0.1, 0.15) is 0 Å². The minimum absolute atomic E-state index is 0.0365. The van der Waals surface area contributed by atoms with Gasteiger partial charge in [-0.2, -0.15) is 0 Å². The third-order valence-corrected chi connectivity index (χ3v) is 5.35. The molecule has 0 saturated heterocycles. The highest BCUT2D eigenvalue weighted by Crippen LogP contribution is 2.57. The van der Waals surface area contributed by atoms with Crippen molar-refractivity contribution in [2.75, 3.05) is 0 Å². The van der Waals surface area contributed by atoms with E-state index in [4.69, 9.17) is 0 Å². The maximum atomic E-state index is 12.6. The van der Waals surface area contributed by atoms with Gasteiger partial charge in [0.25, 0.3) is 0 Å². The molecular weight excluding hydrogens is 284 g/mol. The van der Waals surface area contributed by atoms with Gasteiger partial charge in [-0.1, -0.05) is 88.5 Å². The summed E-state index contributed by atoms with van der Waals surface area (Å²) >= 11 is 0. The van der Waals surface area contributed by atoms with Crippen molar-refractivity contribution in [2.24, 2.45) is 27.6 Å². The van der Waals surface area contributed by atoms with E-state index in [1.54, 1.807) is 0 Å². The molecule has 0 aromatic carbocycles. The van der Waals surface area contributed by atoms with Gasteiger partial charge in [0.15, 0.2) is 0 Å². The molecule has 23 heavy (non-hydrogen) atoms. The Kier molecular flexibility index (Phi) is 7.40. The highest BCUT2D eigenvalue weighted by atomic mass is 16.4. The molecule has 0 aromatic heterocycles. The minimum atomic E-state index is -0.687. The van der Waals surface area contributed by atoms with Crippen LogP contribution in [0.3, 0.4) is 0 Å². The lowest BCUT2D eigenvalue weighted by molar-refractivity contribution is -0.171. The van der Waals surface area contributed by atoms with Crippen LogP contribution in [0.4, 0.5) is 0 Å². The van der Waals surface area contributed by atoms with Gasteiger partial charge in [-0.25, -0.2) is 0 Å². The fourth-order valence-corrected chi connectivity index (χ4v) is 4.13. The van der Waals surface area contributed by atoms with Crippen molar-refractivity contribution >= 4 is 5.97 Å². The van der Waals surface area contributed by atoms with Gasteiger partial charge in [-0.3, -0.25) is 4.79 Å². The standard InChI is InChI=1S/C21H42O2/c1-11-12-13-14-21(17(22)23,20(8,9)10)16(19(5,6)7)15-18(2,3)4/h16H,11-15H2,1-10H3,(H,22,23). The molecule has 0 aliphatic rings. The molecule has 0 spiro atoms. The first kappa shape index (κ1) is 22.5. The predicted molar refractivity (Wildman–Crippen MR) is 101 cm³/mol. The molecule has 2 unspecified atom stereocenters. The first-order valence-electron chi connectivity index (χ1n) is 9.33. The Morgan fingerprint density at radius 1 is 0.913 bits per heavy atom. The summed E-state index contributed by atoms with van der Waals surface area (Å²) in [5, 5.41) is 10.4. The Balaban J connectivity index is 6.15. The average Bonchev–Trinajstić information content (AvgIpc) is 2.28. The largest absolute Gasteiger partial charge is 0.481 e. The van der Waals surface area contributed by atoms with Crippen LogP contribution in [0.25, 0.3) is 0 Å². The topological polar surface area (TPSA) is 37.3 Å². The zero-order valence-electron chi connectivity index (χ0n) is 17.5. The molecule has 2 heteroatoms. The second-order valence-electron chi connectivity index (χ2n) is 10.7. The third kappa shape index (κ3) is 5.80. The van der Waals surface area contributed by atoms with Crippen LogP contribution in [0.5, 0.6) is 0 Å². The molecule has 2 atom stereocenters. The SMILES string of the molecule is CCCCCC(C(=O)O)(C(CC(C)(C)C)C(C)(C)C)C(C)(C)C. The van der Waals surface area contributed by atoms with Crippen molar-refractivity contribution in [3.8, 4) is 0 Å². The van der Waals surface area contributed by atoms with Gasteiger partial charge in [0, 0.05) is 0 Å². The molecule has 0 rings (SSSR count). The van der Waals surface area contributed by atoms with Crippen molar-refractivity contribution in [2.45, 2.75) is 101 Å². The average molecular weight is 327 g/mol. The van der Waals surface area contributed by atoms with E-state index < -0.39 is 11.4 Å². The smallest absolute Gasteiger partial charge is 0.310 e. The lowest BCUT2D eigenvalue weighted by Crippen LogP contribution is -2.53. The molecule has 0 radical (unpaired) electrons. The fourth-order valence-electron chi connectivity index (χ4n) is 4.13. The first-order valence-corrected chi connectivity index (χ1v) is 9.33. The summed E-state index contributed by atoms with van der Waals surface area (Å²) < 4.78 is 0. The molecule has 0 amide bonds. The molecule has 0 aromatic rings. The van der Waals surface area contributed by atoms with E-state index in [2.05, 4.69) is 69.2 Å². The summed E-state index contributed by atoms with van der Waals surface area (Å²) in [6.45, 7) is 21.9. The monoisotopic (exact) mass is 326 g/mol. The van der Waals surface area contributed by atoms with E-state index in [0.717, 1.165) is 32.1 Å². The lowest BCUT2D eigenvalue weighted by atomic mass is 9.49. The summed E-state index contributed by atoms with van der Waals surface area (Å²) in [7, 11) is 0. The van der Waals surface area contributed by atoms with E-state index in [9.17, 15) is 9.90 Å². The summed E-state index contributed by atoms with van der Waals surface area (Å²) in [5.74, 6) is -0.463. The van der Waals surface area contributed by atoms with Crippen molar-refractivity contribution in [3.63, 3.8) is 0 Å². The highest BCUT2D eigenvalue weighted by Gasteiger charge is 2.57. The summed E-state index contributed by atoms with van der Waals surface area (Å²) in [6.07, 6.45) is 4.94. The summed E-state index contributed by atoms with van der Waals surface area (Å²) in [4.78, 5) is 12.6. The quantitative estimate of drug-likeness (QED) is 0.523. The van der Waals surface area contributed by atoms with E-state index in [1.807, 2.05) is 0 Å². The van der Waals surface area contributed by atoms with E-state index in [0.29, 0.717) is 0 Å².